The molecular formula is C14H16N4O. The first-order valence-electron chi connectivity index (χ1n) is 6.07. The van der Waals surface area contributed by atoms with Crippen molar-refractivity contribution in [3.05, 3.63) is 30.0 Å². The molecule has 5 heteroatoms. The Balaban J connectivity index is 2.61. The van der Waals surface area contributed by atoms with Gasteiger partial charge in [-0.2, -0.15) is 5.26 Å². The maximum atomic E-state index is 9.80. The van der Waals surface area contributed by atoms with E-state index in [1.54, 1.807) is 6.92 Å². The number of aliphatic hydroxyl groups excluding tert-OH is 1. The fourth-order valence-electron chi connectivity index (χ4n) is 1.69. The minimum atomic E-state index is -0.578. The number of nitrogens with one attached hydrogen (secondary N) is 1. The van der Waals surface area contributed by atoms with Crippen molar-refractivity contribution in [3.63, 3.8) is 0 Å². The first-order valence-corrected chi connectivity index (χ1v) is 6.07. The molecular weight excluding hydrogens is 240 g/mol. The number of nitriles is 1. The molecule has 0 aliphatic carbocycles. The largest absolute Gasteiger partial charge is 0.391 e. The first-order chi connectivity index (χ1) is 8.95. The summed E-state index contributed by atoms with van der Waals surface area (Å²) in [5.41, 5.74) is 0.981. The summed E-state index contributed by atoms with van der Waals surface area (Å²) in [4.78, 5) is 0. The van der Waals surface area contributed by atoms with Gasteiger partial charge in [-0.15, -0.1) is 10.2 Å². The molecule has 1 atom stereocenters. The van der Waals surface area contributed by atoms with Crippen LogP contribution in [-0.2, 0) is 0 Å². The monoisotopic (exact) mass is 256 g/mol. The molecule has 1 aromatic heterocycles. The van der Waals surface area contributed by atoms with E-state index in [0.717, 1.165) is 5.39 Å². The third-order valence-corrected chi connectivity index (χ3v) is 3.27. The van der Waals surface area contributed by atoms with E-state index < -0.39 is 11.6 Å². The molecule has 0 bridgehead atoms. The van der Waals surface area contributed by atoms with Gasteiger partial charge in [0.05, 0.1) is 22.8 Å². The van der Waals surface area contributed by atoms with Crippen molar-refractivity contribution in [1.29, 1.82) is 5.26 Å². The zero-order valence-corrected chi connectivity index (χ0v) is 11.2. The molecule has 0 radical (unpaired) electrons. The Bertz CT molecular complexity index is 643. The van der Waals surface area contributed by atoms with Gasteiger partial charge in [0, 0.05) is 5.39 Å². The first kappa shape index (κ1) is 13.2. The molecule has 1 heterocycles. The Morgan fingerprint density at radius 2 is 2.00 bits per heavy atom. The molecule has 2 rings (SSSR count). The van der Waals surface area contributed by atoms with Crippen molar-refractivity contribution in [2.24, 2.45) is 0 Å². The highest BCUT2D eigenvalue weighted by Gasteiger charge is 2.26. The summed E-state index contributed by atoms with van der Waals surface area (Å²) in [6.45, 7) is 5.44. The summed E-state index contributed by atoms with van der Waals surface area (Å²) < 4.78 is 0. The smallest absolute Gasteiger partial charge is 0.186 e. The zero-order chi connectivity index (χ0) is 14.0. The Kier molecular flexibility index (Phi) is 3.36. The van der Waals surface area contributed by atoms with Gasteiger partial charge in [0.25, 0.3) is 0 Å². The summed E-state index contributed by atoms with van der Waals surface area (Å²) in [5.74, 6) is 0. The molecule has 19 heavy (non-hydrogen) atoms. The SMILES string of the molecule is CC(O)C(C)(C)Nc1c(C#N)nnc2ccccc12. The van der Waals surface area contributed by atoms with Crippen LogP contribution >= 0.6 is 0 Å². The van der Waals surface area contributed by atoms with Crippen molar-refractivity contribution in [3.8, 4) is 6.07 Å². The van der Waals surface area contributed by atoms with E-state index in [4.69, 9.17) is 5.26 Å². The lowest BCUT2D eigenvalue weighted by Gasteiger charge is -2.31. The van der Waals surface area contributed by atoms with Gasteiger partial charge in [-0.25, -0.2) is 0 Å². The van der Waals surface area contributed by atoms with Gasteiger partial charge in [-0.1, -0.05) is 18.2 Å². The normalized spacial score (nSPS) is 13.0. The molecule has 0 saturated heterocycles. The number of hydrogen-bond acceptors (Lipinski definition) is 5. The molecule has 0 amide bonds. The second-order valence-electron chi connectivity index (χ2n) is 5.08. The Hall–Kier alpha value is -2.19. The third kappa shape index (κ3) is 2.49. The van der Waals surface area contributed by atoms with Crippen LogP contribution in [0.4, 0.5) is 5.69 Å². The number of aromatic nitrogens is 2. The van der Waals surface area contributed by atoms with E-state index in [1.165, 1.54) is 0 Å². The van der Waals surface area contributed by atoms with Crippen LogP contribution in [-0.4, -0.2) is 26.9 Å². The molecule has 0 fully saturated rings. The van der Waals surface area contributed by atoms with Crippen molar-refractivity contribution in [2.75, 3.05) is 5.32 Å². The number of benzene rings is 1. The van der Waals surface area contributed by atoms with Crippen LogP contribution in [0.2, 0.25) is 0 Å². The second-order valence-corrected chi connectivity index (χ2v) is 5.08. The van der Waals surface area contributed by atoms with Crippen LogP contribution in [0.3, 0.4) is 0 Å². The second kappa shape index (κ2) is 4.82. The fraction of sp³-hybridized carbons (Fsp3) is 0.357. The number of fused-ring (bicyclic) bond motifs is 1. The van der Waals surface area contributed by atoms with Crippen LogP contribution in [0.5, 0.6) is 0 Å². The third-order valence-electron chi connectivity index (χ3n) is 3.27. The number of anilines is 1. The summed E-state index contributed by atoms with van der Waals surface area (Å²) >= 11 is 0. The lowest BCUT2D eigenvalue weighted by Crippen LogP contribution is -2.42. The Morgan fingerprint density at radius 3 is 2.63 bits per heavy atom. The molecule has 0 aliphatic rings. The van der Waals surface area contributed by atoms with E-state index in [-0.39, 0.29) is 5.69 Å². The van der Waals surface area contributed by atoms with Crippen molar-refractivity contribution >= 4 is 16.6 Å². The van der Waals surface area contributed by atoms with Gasteiger partial charge >= 0.3 is 0 Å². The molecule has 0 aliphatic heterocycles. The molecule has 98 valence electrons. The van der Waals surface area contributed by atoms with Gasteiger partial charge in [0.1, 0.15) is 6.07 Å². The Morgan fingerprint density at radius 1 is 1.32 bits per heavy atom. The van der Waals surface area contributed by atoms with Gasteiger partial charge in [0.15, 0.2) is 5.69 Å². The zero-order valence-electron chi connectivity index (χ0n) is 11.2. The van der Waals surface area contributed by atoms with E-state index in [9.17, 15) is 5.11 Å². The standard InChI is InChI=1S/C14H16N4O/c1-9(19)14(2,3)16-13-10-6-4-5-7-11(10)17-18-12(13)8-15/h4-7,9,19H,1-3H3,(H,16,17). The van der Waals surface area contributed by atoms with E-state index in [0.29, 0.717) is 11.2 Å². The van der Waals surface area contributed by atoms with Gasteiger partial charge in [-0.05, 0) is 26.8 Å². The van der Waals surface area contributed by atoms with Gasteiger partial charge in [-0.3, -0.25) is 0 Å². The van der Waals surface area contributed by atoms with Crippen molar-refractivity contribution in [2.45, 2.75) is 32.4 Å². The van der Waals surface area contributed by atoms with Crippen LogP contribution in [0.25, 0.3) is 10.9 Å². The average molecular weight is 256 g/mol. The van der Waals surface area contributed by atoms with Crippen molar-refractivity contribution in [1.82, 2.24) is 10.2 Å². The topological polar surface area (TPSA) is 81.8 Å². The maximum absolute atomic E-state index is 9.80. The van der Waals surface area contributed by atoms with Crippen LogP contribution in [0, 0.1) is 11.3 Å². The molecule has 2 aromatic rings. The highest BCUT2D eigenvalue weighted by atomic mass is 16.3. The molecule has 2 N–H and O–H groups in total. The highest BCUT2D eigenvalue weighted by Crippen LogP contribution is 2.27. The maximum Gasteiger partial charge on any atom is 0.186 e. The summed E-state index contributed by atoms with van der Waals surface area (Å²) in [7, 11) is 0. The van der Waals surface area contributed by atoms with E-state index in [1.807, 2.05) is 44.2 Å². The molecule has 5 nitrogen and oxygen atoms in total. The Labute approximate surface area is 111 Å². The minimum absolute atomic E-state index is 0.229. The lowest BCUT2D eigenvalue weighted by molar-refractivity contribution is 0.133. The van der Waals surface area contributed by atoms with E-state index >= 15 is 0 Å². The quantitative estimate of drug-likeness (QED) is 0.878. The summed E-state index contributed by atoms with van der Waals surface area (Å²) in [5, 5.41) is 30.9. The fourth-order valence-corrected chi connectivity index (χ4v) is 1.69. The van der Waals surface area contributed by atoms with Crippen molar-refractivity contribution < 1.29 is 5.11 Å². The van der Waals surface area contributed by atoms with E-state index in [2.05, 4.69) is 15.5 Å². The highest BCUT2D eigenvalue weighted by molar-refractivity contribution is 5.93. The lowest BCUT2D eigenvalue weighted by atomic mass is 9.97. The average Bonchev–Trinajstić information content (AvgIpc) is 2.38. The predicted molar refractivity (Wildman–Crippen MR) is 73.6 cm³/mol. The summed E-state index contributed by atoms with van der Waals surface area (Å²) in [6, 6.07) is 9.50. The molecule has 0 spiro atoms. The summed E-state index contributed by atoms with van der Waals surface area (Å²) in [6.07, 6.45) is -0.578. The van der Waals surface area contributed by atoms with Gasteiger partial charge < -0.3 is 10.4 Å². The predicted octanol–water partition coefficient (Wildman–Crippen LogP) is 2.07. The molecule has 1 unspecified atom stereocenters. The van der Waals surface area contributed by atoms with Gasteiger partial charge in [0.2, 0.25) is 0 Å². The number of rotatable bonds is 3. The number of hydrogen-bond donors (Lipinski definition) is 2. The van der Waals surface area contributed by atoms with Crippen LogP contribution < -0.4 is 5.32 Å². The number of nitrogens with zero attached hydrogens (tertiary/aromatic N) is 3. The molecule has 0 saturated carbocycles. The number of aliphatic hydroxyl groups is 1. The molecule has 1 aromatic carbocycles. The minimum Gasteiger partial charge on any atom is -0.391 e. The van der Waals surface area contributed by atoms with Crippen LogP contribution in [0.1, 0.15) is 26.5 Å². The van der Waals surface area contributed by atoms with Crippen LogP contribution in [0.15, 0.2) is 24.3 Å².